The van der Waals surface area contributed by atoms with Crippen LogP contribution in [-0.4, -0.2) is 21.2 Å². The summed E-state index contributed by atoms with van der Waals surface area (Å²) < 4.78 is 28.2. The van der Waals surface area contributed by atoms with Gasteiger partial charge >= 0.3 is 0 Å². The molecule has 0 saturated carbocycles. The summed E-state index contributed by atoms with van der Waals surface area (Å²) in [4.78, 5) is 42.2. The lowest BCUT2D eigenvalue weighted by atomic mass is 10.1. The zero-order valence-corrected chi connectivity index (χ0v) is 18.8. The van der Waals surface area contributed by atoms with Gasteiger partial charge in [-0.25, -0.2) is 8.78 Å². The first kappa shape index (κ1) is 23.7. The fourth-order valence-corrected chi connectivity index (χ4v) is 3.57. The van der Waals surface area contributed by atoms with Crippen LogP contribution in [0.15, 0.2) is 83.8 Å². The van der Waals surface area contributed by atoms with Crippen molar-refractivity contribution in [3.63, 3.8) is 0 Å². The molecule has 0 unspecified atom stereocenters. The Bertz CT molecular complexity index is 1450. The molecule has 0 aliphatic heterocycles. The van der Waals surface area contributed by atoms with Crippen LogP contribution >= 0.6 is 0 Å². The second-order valence-electron chi connectivity index (χ2n) is 7.82. The molecule has 6 nitrogen and oxygen atoms in total. The minimum absolute atomic E-state index is 0.0631. The number of aromatic nitrogens is 2. The average molecular weight is 473 g/mol. The largest absolute Gasteiger partial charge is 0.321 e. The number of amides is 1. The average Bonchev–Trinajstić information content (AvgIpc) is 2.87. The summed E-state index contributed by atoms with van der Waals surface area (Å²) in [5.74, 6) is -1.56. The quantitative estimate of drug-likeness (QED) is 0.391. The number of hydrogen-bond acceptors (Lipinski definition) is 4. The molecule has 8 heteroatoms. The fourth-order valence-electron chi connectivity index (χ4n) is 3.57. The van der Waals surface area contributed by atoms with E-state index in [1.807, 2.05) is 0 Å². The Kier molecular flexibility index (Phi) is 6.91. The first-order valence-electron chi connectivity index (χ1n) is 10.9. The van der Waals surface area contributed by atoms with Gasteiger partial charge in [0.1, 0.15) is 23.0 Å². The third-order valence-electron chi connectivity index (χ3n) is 5.41. The number of nitrogens with one attached hydrogen (secondary N) is 1. The summed E-state index contributed by atoms with van der Waals surface area (Å²) in [5, 5.41) is 2.60. The predicted octanol–water partition coefficient (Wildman–Crippen LogP) is 4.82. The molecule has 2 aromatic heterocycles. The molecule has 176 valence electrons. The van der Waals surface area contributed by atoms with E-state index in [2.05, 4.69) is 10.3 Å². The van der Waals surface area contributed by atoms with Crippen LogP contribution in [0.5, 0.6) is 0 Å². The molecule has 35 heavy (non-hydrogen) atoms. The number of halogens is 2. The highest BCUT2D eigenvalue weighted by molar-refractivity contribution is 6.07. The SMILES string of the molecule is CCC(=O)Nc1ccc(-c2ccc(F)cc2)n(Cc2ccnc(C(=O)c3ccc(F)cc3)c2)c1=O. The predicted molar refractivity (Wildman–Crippen MR) is 128 cm³/mol. The number of nitrogens with zero attached hydrogens (tertiary/aromatic N) is 2. The Morgan fingerprint density at radius 2 is 1.57 bits per heavy atom. The van der Waals surface area contributed by atoms with Crippen molar-refractivity contribution in [2.75, 3.05) is 5.32 Å². The van der Waals surface area contributed by atoms with E-state index < -0.39 is 17.2 Å². The molecule has 1 N–H and O–H groups in total. The van der Waals surface area contributed by atoms with Crippen molar-refractivity contribution >= 4 is 17.4 Å². The van der Waals surface area contributed by atoms with Crippen LogP contribution in [0, 0.1) is 11.6 Å². The summed E-state index contributed by atoms with van der Waals surface area (Å²) >= 11 is 0. The van der Waals surface area contributed by atoms with E-state index in [0.29, 0.717) is 16.8 Å². The van der Waals surface area contributed by atoms with E-state index in [9.17, 15) is 23.2 Å². The van der Waals surface area contributed by atoms with Crippen molar-refractivity contribution in [1.82, 2.24) is 9.55 Å². The van der Waals surface area contributed by atoms with Crippen LogP contribution in [0.25, 0.3) is 11.3 Å². The van der Waals surface area contributed by atoms with Crippen molar-refractivity contribution in [3.8, 4) is 11.3 Å². The standard InChI is InChI=1S/C27H21F2N3O3/c1-2-25(33)31-22-11-12-24(18-3-7-20(28)8-4-18)32(27(22)35)16-17-13-14-30-23(15-17)26(34)19-5-9-21(29)10-6-19/h3-15H,2,16H2,1H3,(H,31,33). The molecule has 0 aliphatic carbocycles. The Morgan fingerprint density at radius 3 is 2.23 bits per heavy atom. The topological polar surface area (TPSA) is 81.1 Å². The minimum atomic E-state index is -0.453. The molecule has 0 radical (unpaired) electrons. The zero-order chi connectivity index (χ0) is 24.9. The van der Waals surface area contributed by atoms with E-state index >= 15 is 0 Å². The number of carbonyl (C=O) groups is 2. The van der Waals surface area contributed by atoms with E-state index in [1.54, 1.807) is 37.3 Å². The summed E-state index contributed by atoms with van der Waals surface area (Å²) in [6, 6.07) is 17.3. The molecular formula is C27H21F2N3O3. The van der Waals surface area contributed by atoms with Crippen molar-refractivity contribution in [2.24, 2.45) is 0 Å². The van der Waals surface area contributed by atoms with Crippen LogP contribution in [0.2, 0.25) is 0 Å². The molecule has 0 spiro atoms. The van der Waals surface area contributed by atoms with Gasteiger partial charge in [-0.3, -0.25) is 19.4 Å². The number of carbonyl (C=O) groups excluding carboxylic acids is 2. The second kappa shape index (κ2) is 10.2. The molecule has 2 aromatic carbocycles. The van der Waals surface area contributed by atoms with Gasteiger partial charge in [0.2, 0.25) is 11.7 Å². The summed E-state index contributed by atoms with van der Waals surface area (Å²) in [6.07, 6.45) is 1.66. The number of ketones is 1. The smallest absolute Gasteiger partial charge is 0.275 e. The lowest BCUT2D eigenvalue weighted by molar-refractivity contribution is -0.115. The molecule has 1 amide bonds. The molecule has 0 bridgehead atoms. The van der Waals surface area contributed by atoms with Gasteiger partial charge in [0.05, 0.1) is 12.2 Å². The van der Waals surface area contributed by atoms with Crippen molar-refractivity contribution in [2.45, 2.75) is 19.9 Å². The van der Waals surface area contributed by atoms with Crippen LogP contribution in [0.3, 0.4) is 0 Å². The highest BCUT2D eigenvalue weighted by Gasteiger charge is 2.15. The van der Waals surface area contributed by atoms with E-state index in [0.717, 1.165) is 0 Å². The Hall–Kier alpha value is -4.46. The van der Waals surface area contributed by atoms with Crippen LogP contribution in [0.1, 0.15) is 35.0 Å². The lowest BCUT2D eigenvalue weighted by Crippen LogP contribution is -2.27. The summed E-state index contributed by atoms with van der Waals surface area (Å²) in [5.41, 5.74) is 1.80. The third-order valence-corrected chi connectivity index (χ3v) is 5.41. The van der Waals surface area contributed by atoms with Gasteiger partial charge in [-0.15, -0.1) is 0 Å². The van der Waals surface area contributed by atoms with Gasteiger partial charge < -0.3 is 9.88 Å². The molecular weight excluding hydrogens is 452 g/mol. The molecule has 2 heterocycles. The van der Waals surface area contributed by atoms with Gasteiger partial charge in [-0.2, -0.15) is 0 Å². The number of pyridine rings is 2. The maximum atomic E-state index is 13.5. The van der Waals surface area contributed by atoms with Crippen LogP contribution in [0.4, 0.5) is 14.5 Å². The highest BCUT2D eigenvalue weighted by atomic mass is 19.1. The number of hydrogen-bond donors (Lipinski definition) is 1. The Balaban J connectivity index is 1.75. The van der Waals surface area contributed by atoms with E-state index in [1.165, 1.54) is 53.2 Å². The van der Waals surface area contributed by atoms with E-state index in [4.69, 9.17) is 0 Å². The maximum absolute atomic E-state index is 13.5. The van der Waals surface area contributed by atoms with E-state index in [-0.39, 0.29) is 41.6 Å². The van der Waals surface area contributed by atoms with Gasteiger partial charge in [0.15, 0.2) is 0 Å². The molecule has 0 aliphatic rings. The van der Waals surface area contributed by atoms with Gasteiger partial charge in [-0.1, -0.05) is 6.92 Å². The minimum Gasteiger partial charge on any atom is -0.321 e. The maximum Gasteiger partial charge on any atom is 0.275 e. The fraction of sp³-hybridized carbons (Fsp3) is 0.111. The van der Waals surface area contributed by atoms with Crippen molar-refractivity contribution < 1.29 is 18.4 Å². The summed E-state index contributed by atoms with van der Waals surface area (Å²) in [6.45, 7) is 1.74. The Morgan fingerprint density at radius 1 is 0.914 bits per heavy atom. The molecule has 0 fully saturated rings. The number of benzene rings is 2. The first-order chi connectivity index (χ1) is 16.9. The van der Waals surface area contributed by atoms with Gasteiger partial charge in [0.25, 0.3) is 5.56 Å². The zero-order valence-electron chi connectivity index (χ0n) is 18.8. The lowest BCUT2D eigenvalue weighted by Gasteiger charge is -2.16. The first-order valence-corrected chi connectivity index (χ1v) is 10.9. The third kappa shape index (κ3) is 5.38. The normalized spacial score (nSPS) is 10.7. The molecule has 0 saturated heterocycles. The van der Waals surface area contributed by atoms with Crippen molar-refractivity contribution in [1.29, 1.82) is 0 Å². The number of rotatable bonds is 7. The molecule has 4 aromatic rings. The Labute approximate surface area is 199 Å². The van der Waals surface area contributed by atoms with Crippen LogP contribution < -0.4 is 10.9 Å². The molecule has 4 rings (SSSR count). The van der Waals surface area contributed by atoms with Gasteiger partial charge in [0, 0.05) is 18.2 Å². The molecule has 0 atom stereocenters. The monoisotopic (exact) mass is 473 g/mol. The van der Waals surface area contributed by atoms with Crippen LogP contribution in [-0.2, 0) is 11.3 Å². The van der Waals surface area contributed by atoms with Gasteiger partial charge in [-0.05, 0) is 83.9 Å². The second-order valence-corrected chi connectivity index (χ2v) is 7.82. The highest BCUT2D eigenvalue weighted by Crippen LogP contribution is 2.21. The summed E-state index contributed by atoms with van der Waals surface area (Å²) in [7, 11) is 0. The number of anilines is 1. The van der Waals surface area contributed by atoms with Crippen molar-refractivity contribution in [3.05, 3.63) is 118 Å².